The van der Waals surface area contributed by atoms with E-state index in [9.17, 15) is 18.5 Å². The van der Waals surface area contributed by atoms with Crippen LogP contribution in [0, 0.1) is 28.4 Å². The molecular formula is C18H18N4O4S. The topological polar surface area (TPSA) is 108 Å². The summed E-state index contributed by atoms with van der Waals surface area (Å²) >= 11 is 0. The second kappa shape index (κ2) is 7.34. The summed E-state index contributed by atoms with van der Waals surface area (Å²) in [6, 6.07) is 13.0. The third-order valence-electron chi connectivity index (χ3n) is 4.61. The van der Waals surface area contributed by atoms with E-state index in [2.05, 4.69) is 0 Å². The molecule has 0 aliphatic carbocycles. The van der Waals surface area contributed by atoms with Gasteiger partial charge in [-0.25, -0.2) is 8.42 Å². The predicted octanol–water partition coefficient (Wildman–Crippen LogP) is 2.29. The number of hydrogen-bond donors (Lipinski definition) is 0. The summed E-state index contributed by atoms with van der Waals surface area (Å²) in [5.74, 6) is 0. The number of anilines is 1. The molecule has 0 radical (unpaired) electrons. The van der Waals surface area contributed by atoms with Crippen LogP contribution in [0.4, 0.5) is 11.4 Å². The largest absolute Gasteiger partial charge is 0.369 e. The summed E-state index contributed by atoms with van der Waals surface area (Å²) in [5.41, 5.74) is 1.59. The fourth-order valence-electron chi connectivity index (χ4n) is 3.15. The van der Waals surface area contributed by atoms with Crippen molar-refractivity contribution in [2.24, 2.45) is 0 Å². The molecule has 0 saturated carbocycles. The molecule has 0 atom stereocenters. The van der Waals surface area contributed by atoms with Crippen LogP contribution in [0.5, 0.6) is 0 Å². The van der Waals surface area contributed by atoms with Crippen LogP contribution in [0.25, 0.3) is 0 Å². The molecule has 1 aliphatic rings. The second-order valence-electron chi connectivity index (χ2n) is 6.23. The number of nitriles is 1. The average Bonchev–Trinajstić information content (AvgIpc) is 2.67. The second-order valence-corrected chi connectivity index (χ2v) is 8.13. The van der Waals surface area contributed by atoms with E-state index in [1.165, 1.54) is 22.5 Å². The van der Waals surface area contributed by atoms with Gasteiger partial charge in [0, 0.05) is 43.5 Å². The maximum Gasteiger partial charge on any atom is 0.272 e. The lowest BCUT2D eigenvalue weighted by Crippen LogP contribution is -2.48. The smallest absolute Gasteiger partial charge is 0.272 e. The van der Waals surface area contributed by atoms with Gasteiger partial charge in [-0.1, -0.05) is 12.1 Å². The molecule has 1 fully saturated rings. The Morgan fingerprint density at radius 2 is 1.78 bits per heavy atom. The van der Waals surface area contributed by atoms with Crippen molar-refractivity contribution in [1.29, 1.82) is 5.26 Å². The third-order valence-corrected chi connectivity index (χ3v) is 6.56. The third kappa shape index (κ3) is 3.63. The van der Waals surface area contributed by atoms with Crippen molar-refractivity contribution >= 4 is 21.4 Å². The van der Waals surface area contributed by atoms with Crippen molar-refractivity contribution in [2.45, 2.75) is 11.8 Å². The van der Waals surface area contributed by atoms with Crippen molar-refractivity contribution in [3.63, 3.8) is 0 Å². The van der Waals surface area contributed by atoms with Crippen molar-refractivity contribution in [1.82, 2.24) is 4.31 Å². The summed E-state index contributed by atoms with van der Waals surface area (Å²) in [5, 5.41) is 20.1. The van der Waals surface area contributed by atoms with E-state index in [0.29, 0.717) is 18.7 Å². The number of nitro benzene ring substituents is 1. The first-order chi connectivity index (χ1) is 12.8. The van der Waals surface area contributed by atoms with Crippen LogP contribution in [0.3, 0.4) is 0 Å². The molecule has 0 spiro atoms. The van der Waals surface area contributed by atoms with E-state index >= 15 is 0 Å². The Bertz CT molecular complexity index is 1020. The Morgan fingerprint density at radius 1 is 1.11 bits per heavy atom. The number of rotatable bonds is 4. The van der Waals surface area contributed by atoms with E-state index in [-0.39, 0.29) is 29.2 Å². The Balaban J connectivity index is 1.76. The normalized spacial score (nSPS) is 15.3. The molecule has 1 aliphatic heterocycles. The summed E-state index contributed by atoms with van der Waals surface area (Å²) in [6.45, 7) is 3.16. The number of aryl methyl sites for hydroxylation is 1. The molecule has 0 unspecified atom stereocenters. The maximum atomic E-state index is 12.9. The van der Waals surface area contributed by atoms with Crippen LogP contribution in [0.1, 0.15) is 11.1 Å². The quantitative estimate of drug-likeness (QED) is 0.589. The van der Waals surface area contributed by atoms with Gasteiger partial charge in [-0.05, 0) is 31.2 Å². The van der Waals surface area contributed by atoms with Crippen LogP contribution < -0.4 is 4.90 Å². The molecule has 3 rings (SSSR count). The zero-order chi connectivity index (χ0) is 19.6. The highest BCUT2D eigenvalue weighted by molar-refractivity contribution is 7.89. The number of nitrogens with zero attached hydrogens (tertiary/aromatic N) is 4. The highest BCUT2D eigenvalue weighted by Crippen LogP contribution is 2.27. The summed E-state index contributed by atoms with van der Waals surface area (Å²) in [4.78, 5) is 12.5. The van der Waals surface area contributed by atoms with Gasteiger partial charge in [-0.3, -0.25) is 10.1 Å². The van der Waals surface area contributed by atoms with E-state index < -0.39 is 14.9 Å². The lowest BCUT2D eigenvalue weighted by atomic mass is 10.1. The summed E-state index contributed by atoms with van der Waals surface area (Å²) in [7, 11) is -3.74. The van der Waals surface area contributed by atoms with Crippen LogP contribution in [-0.4, -0.2) is 43.8 Å². The molecule has 9 heteroatoms. The zero-order valence-electron chi connectivity index (χ0n) is 14.7. The van der Waals surface area contributed by atoms with Crippen molar-refractivity contribution < 1.29 is 13.3 Å². The minimum Gasteiger partial charge on any atom is -0.369 e. The first-order valence-electron chi connectivity index (χ1n) is 8.34. The molecule has 0 aromatic heterocycles. The fraction of sp³-hybridized carbons (Fsp3) is 0.278. The lowest BCUT2D eigenvalue weighted by Gasteiger charge is -2.35. The lowest BCUT2D eigenvalue weighted by molar-refractivity contribution is -0.385. The SMILES string of the molecule is Cc1cc(N2CCN(S(=O)(=O)c3ccccc3C#N)CC2)ccc1[N+](=O)[O-]. The highest BCUT2D eigenvalue weighted by atomic mass is 32.2. The minimum absolute atomic E-state index is 0.0205. The van der Waals surface area contributed by atoms with Crippen LogP contribution in [0.15, 0.2) is 47.4 Å². The van der Waals surface area contributed by atoms with Crippen LogP contribution in [-0.2, 0) is 10.0 Å². The number of hydrogen-bond acceptors (Lipinski definition) is 6. The molecule has 2 aromatic carbocycles. The van der Waals surface area contributed by atoms with E-state index in [0.717, 1.165) is 5.69 Å². The monoisotopic (exact) mass is 386 g/mol. The summed E-state index contributed by atoms with van der Waals surface area (Å²) in [6.07, 6.45) is 0. The molecule has 8 nitrogen and oxygen atoms in total. The standard InChI is InChI=1S/C18H18N4O4S/c1-14-12-16(6-7-17(14)22(23)24)20-8-10-21(11-9-20)27(25,26)18-5-3-2-4-15(18)13-19/h2-7,12H,8-11H2,1H3. The van der Waals surface area contributed by atoms with Crippen molar-refractivity contribution in [2.75, 3.05) is 31.1 Å². The van der Waals surface area contributed by atoms with E-state index in [4.69, 9.17) is 5.26 Å². The number of sulfonamides is 1. The molecular weight excluding hydrogens is 368 g/mol. The number of piperazine rings is 1. The predicted molar refractivity (Wildman–Crippen MR) is 100.0 cm³/mol. The van der Waals surface area contributed by atoms with Gasteiger partial charge in [-0.2, -0.15) is 9.57 Å². The van der Waals surface area contributed by atoms with Crippen LogP contribution >= 0.6 is 0 Å². The molecule has 1 saturated heterocycles. The maximum absolute atomic E-state index is 12.9. The van der Waals surface area contributed by atoms with Gasteiger partial charge < -0.3 is 4.90 Å². The van der Waals surface area contributed by atoms with Gasteiger partial charge in [0.1, 0.15) is 6.07 Å². The van der Waals surface area contributed by atoms with Gasteiger partial charge in [-0.15, -0.1) is 0 Å². The Kier molecular flexibility index (Phi) is 5.12. The molecule has 140 valence electrons. The fourth-order valence-corrected chi connectivity index (χ4v) is 4.72. The van der Waals surface area contributed by atoms with Crippen LogP contribution in [0.2, 0.25) is 0 Å². The Hall–Kier alpha value is -2.96. The number of benzene rings is 2. The van der Waals surface area contributed by atoms with Crippen molar-refractivity contribution in [3.8, 4) is 6.07 Å². The molecule has 0 amide bonds. The minimum atomic E-state index is -3.74. The van der Waals surface area contributed by atoms with Gasteiger partial charge >= 0.3 is 0 Å². The number of nitro groups is 1. The van der Waals surface area contributed by atoms with Gasteiger partial charge in [0.15, 0.2) is 0 Å². The Morgan fingerprint density at radius 3 is 2.37 bits per heavy atom. The Labute approximate surface area is 157 Å². The molecule has 2 aromatic rings. The van der Waals surface area contributed by atoms with E-state index in [1.54, 1.807) is 31.2 Å². The van der Waals surface area contributed by atoms with Gasteiger partial charge in [0.05, 0.1) is 15.4 Å². The molecule has 1 heterocycles. The zero-order valence-corrected chi connectivity index (χ0v) is 15.5. The molecule has 27 heavy (non-hydrogen) atoms. The van der Waals surface area contributed by atoms with Crippen molar-refractivity contribution in [3.05, 3.63) is 63.7 Å². The van der Waals surface area contributed by atoms with E-state index in [1.807, 2.05) is 11.0 Å². The first kappa shape index (κ1) is 18.8. The first-order valence-corrected chi connectivity index (χ1v) is 9.78. The molecule has 0 bridgehead atoms. The highest BCUT2D eigenvalue weighted by Gasteiger charge is 2.30. The average molecular weight is 386 g/mol. The summed E-state index contributed by atoms with van der Waals surface area (Å²) < 4.78 is 27.1. The molecule has 0 N–H and O–H groups in total. The van der Waals surface area contributed by atoms with Gasteiger partial charge in [0.2, 0.25) is 10.0 Å². The van der Waals surface area contributed by atoms with Gasteiger partial charge in [0.25, 0.3) is 5.69 Å².